The molecule has 0 aliphatic carbocycles. The first-order valence-electron chi connectivity index (χ1n) is 10.4. The van der Waals surface area contributed by atoms with Crippen LogP contribution in [0.5, 0.6) is 0 Å². The van der Waals surface area contributed by atoms with Gasteiger partial charge in [-0.15, -0.1) is 0 Å². The zero-order valence-corrected chi connectivity index (χ0v) is 18.6. The monoisotopic (exact) mass is 463 g/mol. The van der Waals surface area contributed by atoms with Gasteiger partial charge in [0.1, 0.15) is 28.6 Å². The summed E-state index contributed by atoms with van der Waals surface area (Å²) in [5.74, 6) is -0.525. The number of aryl methyl sites for hydroxylation is 1. The molecule has 0 aliphatic heterocycles. The summed E-state index contributed by atoms with van der Waals surface area (Å²) in [6.45, 7) is 8.56. The van der Waals surface area contributed by atoms with E-state index in [2.05, 4.69) is 16.5 Å². The van der Waals surface area contributed by atoms with Crippen molar-refractivity contribution in [3.05, 3.63) is 59.8 Å². The van der Waals surface area contributed by atoms with Gasteiger partial charge in [0.05, 0.1) is 11.3 Å². The van der Waals surface area contributed by atoms with Crippen LogP contribution in [0.1, 0.15) is 57.1 Å². The van der Waals surface area contributed by atoms with Gasteiger partial charge in [0, 0.05) is 19.3 Å². The van der Waals surface area contributed by atoms with E-state index in [0.717, 1.165) is 6.07 Å². The van der Waals surface area contributed by atoms with Gasteiger partial charge in [0.15, 0.2) is 5.65 Å². The molecule has 2 aromatic heterocycles. The average Bonchev–Trinajstić information content (AvgIpc) is 3.03. The van der Waals surface area contributed by atoms with E-state index < -0.39 is 23.3 Å². The highest BCUT2D eigenvalue weighted by Gasteiger charge is 2.33. The molecule has 9 heteroatoms. The van der Waals surface area contributed by atoms with Crippen molar-refractivity contribution in [3.63, 3.8) is 0 Å². The number of Topliss-reactive ketones (excluding diaryl/α,β-unsaturated/α-hetero) is 1. The number of aromatic nitrogens is 3. The van der Waals surface area contributed by atoms with Crippen molar-refractivity contribution in [1.82, 2.24) is 14.5 Å². The Balaban J connectivity index is 2.04. The fraction of sp³-hybridized carbons (Fsp3) is 0.375. The van der Waals surface area contributed by atoms with E-state index in [1.54, 1.807) is 13.0 Å². The van der Waals surface area contributed by atoms with Gasteiger partial charge in [-0.25, -0.2) is 14.4 Å². The second-order valence-corrected chi connectivity index (χ2v) is 8.73. The maximum absolute atomic E-state index is 15.0. The summed E-state index contributed by atoms with van der Waals surface area (Å²) in [4.78, 5) is 20.2. The van der Waals surface area contributed by atoms with Crippen molar-refractivity contribution < 1.29 is 27.5 Å². The van der Waals surface area contributed by atoms with Crippen LogP contribution in [0.15, 0.2) is 36.9 Å². The van der Waals surface area contributed by atoms with Gasteiger partial charge >= 0.3 is 6.18 Å². The summed E-state index contributed by atoms with van der Waals surface area (Å²) in [5.41, 5.74) is -0.971. The maximum Gasteiger partial charge on any atom is 0.433 e. The molecule has 0 atom stereocenters. The summed E-state index contributed by atoms with van der Waals surface area (Å²) in [7, 11) is 0. The lowest BCUT2D eigenvalue weighted by Crippen LogP contribution is -2.23. The third-order valence-corrected chi connectivity index (χ3v) is 5.03. The number of benzene rings is 1. The lowest BCUT2D eigenvalue weighted by Gasteiger charge is -2.15. The van der Waals surface area contributed by atoms with Crippen LogP contribution < -0.4 is 0 Å². The molecule has 1 N–H and O–H groups in total. The van der Waals surface area contributed by atoms with Crippen molar-refractivity contribution >= 4 is 22.5 Å². The van der Waals surface area contributed by atoms with E-state index in [0.29, 0.717) is 17.6 Å². The minimum atomic E-state index is -4.67. The molecule has 0 aliphatic rings. The van der Waals surface area contributed by atoms with E-state index >= 15 is 4.39 Å². The molecule has 0 radical (unpaired) electrons. The predicted molar refractivity (Wildman–Crippen MR) is 117 cm³/mol. The Hall–Kier alpha value is -3.07. The van der Waals surface area contributed by atoms with Gasteiger partial charge in [-0.2, -0.15) is 13.2 Å². The van der Waals surface area contributed by atoms with Gasteiger partial charge in [-0.3, -0.25) is 9.36 Å². The van der Waals surface area contributed by atoms with Crippen LogP contribution in [0.3, 0.4) is 0 Å². The lowest BCUT2D eigenvalue weighted by molar-refractivity contribution is -0.141. The highest BCUT2D eigenvalue weighted by molar-refractivity contribution is 5.79. The SMILES string of the molecule is C=C(C)c1ccc(-n2c(CCCC(=O)CC(C)(C)O)nc3ccc(C(F)(F)F)nc32)c(F)c1. The molecule has 0 saturated carbocycles. The van der Waals surface area contributed by atoms with E-state index in [-0.39, 0.29) is 47.7 Å². The number of nitrogens with zero attached hydrogens (tertiary/aromatic N) is 3. The standard InChI is InChI=1S/C24H25F4N3O2/c1-14(2)15-8-10-19(17(25)12-15)31-21(7-5-6-16(32)13-23(3,4)33)29-18-9-11-20(24(26,27)28)30-22(18)31/h8-12,33H,1,5-7,13H2,2-4H3. The summed E-state index contributed by atoms with van der Waals surface area (Å²) >= 11 is 0. The number of hydrogen-bond donors (Lipinski definition) is 1. The molecule has 176 valence electrons. The van der Waals surface area contributed by atoms with Crippen molar-refractivity contribution in [1.29, 1.82) is 0 Å². The van der Waals surface area contributed by atoms with Crippen molar-refractivity contribution in [2.75, 3.05) is 0 Å². The number of fused-ring (bicyclic) bond motifs is 1. The largest absolute Gasteiger partial charge is 0.433 e. The summed E-state index contributed by atoms with van der Waals surface area (Å²) in [6, 6.07) is 6.36. The number of hydrogen-bond acceptors (Lipinski definition) is 4. The highest BCUT2D eigenvalue weighted by Crippen LogP contribution is 2.31. The number of rotatable bonds is 8. The second-order valence-electron chi connectivity index (χ2n) is 8.73. The van der Waals surface area contributed by atoms with Crippen molar-refractivity contribution in [2.24, 2.45) is 0 Å². The Bertz CT molecular complexity index is 1210. The molecule has 3 rings (SSSR count). The number of halogens is 4. The molecular formula is C24H25F4N3O2. The van der Waals surface area contributed by atoms with Gasteiger partial charge < -0.3 is 5.11 Å². The van der Waals surface area contributed by atoms with Crippen LogP contribution in [-0.2, 0) is 17.4 Å². The van der Waals surface area contributed by atoms with Crippen LogP contribution in [-0.4, -0.2) is 31.0 Å². The number of imidazole rings is 1. The molecule has 2 heterocycles. The minimum Gasteiger partial charge on any atom is -0.390 e. The fourth-order valence-electron chi connectivity index (χ4n) is 3.55. The van der Waals surface area contributed by atoms with Crippen molar-refractivity contribution in [3.8, 4) is 5.69 Å². The molecule has 0 fully saturated rings. The lowest BCUT2D eigenvalue weighted by atomic mass is 9.99. The normalized spacial score (nSPS) is 12.4. The van der Waals surface area contributed by atoms with Crippen LogP contribution in [0.25, 0.3) is 22.4 Å². The third kappa shape index (κ3) is 5.84. The summed E-state index contributed by atoms with van der Waals surface area (Å²) in [6.07, 6.45) is -4.01. The number of pyridine rings is 1. The average molecular weight is 463 g/mol. The number of aliphatic hydroxyl groups is 1. The molecule has 0 spiro atoms. The Labute approximate surface area is 188 Å². The van der Waals surface area contributed by atoms with Crippen LogP contribution in [0, 0.1) is 5.82 Å². The number of alkyl halides is 3. The predicted octanol–water partition coefficient (Wildman–Crippen LogP) is 5.66. The fourth-order valence-corrected chi connectivity index (χ4v) is 3.55. The van der Waals surface area contributed by atoms with Gasteiger partial charge in [0.25, 0.3) is 0 Å². The molecular weight excluding hydrogens is 438 g/mol. The minimum absolute atomic E-state index is 0.00661. The number of allylic oxidation sites excluding steroid dienone is 1. The molecule has 5 nitrogen and oxygen atoms in total. The number of carbonyl (C=O) groups is 1. The molecule has 3 aromatic rings. The smallest absolute Gasteiger partial charge is 0.390 e. The molecule has 33 heavy (non-hydrogen) atoms. The molecule has 1 aromatic carbocycles. The Kier molecular flexibility index (Phi) is 6.74. The Morgan fingerprint density at radius 2 is 1.85 bits per heavy atom. The van der Waals surface area contributed by atoms with Gasteiger partial charge in [-0.05, 0) is 57.0 Å². The first-order chi connectivity index (χ1) is 15.3. The second kappa shape index (κ2) is 9.05. The number of carbonyl (C=O) groups excluding carboxylic acids is 1. The quantitative estimate of drug-likeness (QED) is 0.438. The van der Waals surface area contributed by atoms with Gasteiger partial charge in [0.2, 0.25) is 0 Å². The van der Waals surface area contributed by atoms with E-state index in [9.17, 15) is 23.1 Å². The molecule has 0 unspecified atom stereocenters. The summed E-state index contributed by atoms with van der Waals surface area (Å²) in [5, 5.41) is 9.79. The van der Waals surface area contributed by atoms with E-state index in [1.165, 1.54) is 36.6 Å². The molecule has 0 bridgehead atoms. The Morgan fingerprint density at radius 1 is 1.15 bits per heavy atom. The van der Waals surface area contributed by atoms with Crippen LogP contribution in [0.2, 0.25) is 0 Å². The maximum atomic E-state index is 15.0. The zero-order chi connectivity index (χ0) is 24.6. The number of ketones is 1. The first kappa shape index (κ1) is 24.6. The van der Waals surface area contributed by atoms with Crippen LogP contribution >= 0.6 is 0 Å². The Morgan fingerprint density at radius 3 is 2.42 bits per heavy atom. The first-order valence-corrected chi connectivity index (χ1v) is 10.4. The van der Waals surface area contributed by atoms with Gasteiger partial charge in [-0.1, -0.05) is 18.2 Å². The highest BCUT2D eigenvalue weighted by atomic mass is 19.4. The van der Waals surface area contributed by atoms with E-state index in [1.807, 2.05) is 0 Å². The topological polar surface area (TPSA) is 68.0 Å². The molecule has 0 amide bonds. The summed E-state index contributed by atoms with van der Waals surface area (Å²) < 4.78 is 56.1. The zero-order valence-electron chi connectivity index (χ0n) is 18.6. The van der Waals surface area contributed by atoms with E-state index in [4.69, 9.17) is 0 Å². The van der Waals surface area contributed by atoms with Crippen LogP contribution in [0.4, 0.5) is 17.6 Å². The van der Waals surface area contributed by atoms with Crippen molar-refractivity contribution in [2.45, 2.75) is 58.2 Å². The molecule has 0 saturated heterocycles. The third-order valence-electron chi connectivity index (χ3n) is 5.03.